The zero-order chi connectivity index (χ0) is 45.5. The maximum atomic E-state index is 15.1. The van der Waals surface area contributed by atoms with Crippen molar-refractivity contribution in [3.63, 3.8) is 0 Å². The molecular formula is C57H63ClN2O6. The second kappa shape index (κ2) is 21.0. The van der Waals surface area contributed by atoms with Gasteiger partial charge in [0.15, 0.2) is 5.60 Å². The molecule has 2 bridgehead atoms. The fraction of sp³-hybridized carbons (Fsp3) is 0.421. The van der Waals surface area contributed by atoms with Crippen molar-refractivity contribution in [3.05, 3.63) is 166 Å². The van der Waals surface area contributed by atoms with Crippen molar-refractivity contribution in [3.8, 4) is 11.1 Å². The molecule has 9 rings (SSSR count). The van der Waals surface area contributed by atoms with Crippen molar-refractivity contribution in [1.29, 1.82) is 0 Å². The van der Waals surface area contributed by atoms with Crippen LogP contribution in [0.3, 0.4) is 0 Å². The summed E-state index contributed by atoms with van der Waals surface area (Å²) >= 11 is 7.14. The van der Waals surface area contributed by atoms with Crippen molar-refractivity contribution >= 4 is 29.6 Å². The first kappa shape index (κ1) is 45.7. The molecule has 0 N–H and O–H groups in total. The quantitative estimate of drug-likeness (QED) is 0.0969. The molecular weight excluding hydrogens is 844 g/mol. The van der Waals surface area contributed by atoms with E-state index in [2.05, 4.69) is 48.5 Å². The minimum absolute atomic E-state index is 0.0747. The van der Waals surface area contributed by atoms with E-state index in [1.807, 2.05) is 83.8 Å². The van der Waals surface area contributed by atoms with Gasteiger partial charge in [-0.05, 0) is 71.4 Å². The molecule has 3 fully saturated rings. The lowest BCUT2D eigenvalue weighted by molar-refractivity contribution is -0.157. The van der Waals surface area contributed by atoms with Gasteiger partial charge in [-0.3, -0.25) is 14.5 Å². The van der Waals surface area contributed by atoms with Gasteiger partial charge >= 0.3 is 12.1 Å². The SMILES string of the molecule is CN(C(=O)OCC1c2ccccc2-c2ccccc21)[C@@H](CC(=O)OC(c1ccccc1)(c1ccc(C2CCCCCCCCCC2)cc1)c1ccccc1Cl)C(=O)N1CC2CCOCC1C2. The maximum Gasteiger partial charge on any atom is 0.410 e. The molecule has 5 aromatic carbocycles. The number of rotatable bonds is 11. The molecule has 344 valence electrons. The van der Waals surface area contributed by atoms with Crippen molar-refractivity contribution in [2.75, 3.05) is 33.4 Å². The lowest BCUT2D eigenvalue weighted by Gasteiger charge is -2.37. The molecule has 2 saturated heterocycles. The second-order valence-corrected chi connectivity index (χ2v) is 19.4. The van der Waals surface area contributed by atoms with E-state index in [9.17, 15) is 9.59 Å². The van der Waals surface area contributed by atoms with Gasteiger partial charge in [-0.15, -0.1) is 0 Å². The van der Waals surface area contributed by atoms with Crippen LogP contribution >= 0.6 is 11.6 Å². The first-order chi connectivity index (χ1) is 32.3. The number of fused-ring (bicyclic) bond motifs is 5. The molecule has 9 heteroatoms. The van der Waals surface area contributed by atoms with Crippen LogP contribution in [0.15, 0.2) is 127 Å². The van der Waals surface area contributed by atoms with Crippen LogP contribution in [0.5, 0.6) is 0 Å². The van der Waals surface area contributed by atoms with E-state index >= 15 is 4.79 Å². The van der Waals surface area contributed by atoms with Crippen LogP contribution < -0.4 is 0 Å². The lowest BCUT2D eigenvalue weighted by atomic mass is 9.78. The number of likely N-dealkylation sites (tertiary alicyclic amines) is 1. The van der Waals surface area contributed by atoms with E-state index < -0.39 is 30.1 Å². The maximum absolute atomic E-state index is 15.1. The largest absolute Gasteiger partial charge is 0.448 e. The van der Waals surface area contributed by atoms with Crippen LogP contribution in [0, 0.1) is 5.92 Å². The topological polar surface area (TPSA) is 85.4 Å². The summed E-state index contributed by atoms with van der Waals surface area (Å²) in [6.07, 6.45) is 13.1. The van der Waals surface area contributed by atoms with Gasteiger partial charge in [0.25, 0.3) is 0 Å². The number of benzene rings is 5. The Morgan fingerprint density at radius 2 is 1.32 bits per heavy atom. The Morgan fingerprint density at radius 1 is 0.727 bits per heavy atom. The van der Waals surface area contributed by atoms with E-state index in [0.29, 0.717) is 41.8 Å². The molecule has 2 aliphatic heterocycles. The molecule has 2 amide bonds. The standard InChI is InChI=1S/C57H63ClN2O6/c1-59(56(63)65-39-50-48-25-15-13-23-46(48)47-24-14-16-26-49(47)50)53(55(62)60-37-40-33-34-64-38-45(60)35-40)36-54(61)66-57(43-21-11-8-12-22-43,51-27-17-18-28-52(51)58)44-31-29-42(30-32-44)41-19-9-6-4-2-3-5-7-10-20-41/h8,11-18,21-32,40-41,45,50,53H,2-7,9-10,19-20,33-39H2,1H3/t40?,45?,53-,57?/m0/s1. The number of amides is 2. The highest BCUT2D eigenvalue weighted by atomic mass is 35.5. The predicted molar refractivity (Wildman–Crippen MR) is 260 cm³/mol. The van der Waals surface area contributed by atoms with Crippen LogP contribution in [0.2, 0.25) is 5.02 Å². The first-order valence-corrected chi connectivity index (χ1v) is 24.8. The Morgan fingerprint density at radius 3 is 1.98 bits per heavy atom. The molecule has 5 aromatic rings. The van der Waals surface area contributed by atoms with Gasteiger partial charge in [0.2, 0.25) is 5.91 Å². The average molecular weight is 908 g/mol. The monoisotopic (exact) mass is 906 g/mol. The Bertz CT molecular complexity index is 2400. The van der Waals surface area contributed by atoms with Crippen LogP contribution in [-0.2, 0) is 29.4 Å². The van der Waals surface area contributed by atoms with Crippen LogP contribution in [0.4, 0.5) is 4.79 Å². The molecule has 0 aromatic heterocycles. The van der Waals surface area contributed by atoms with Crippen molar-refractivity contribution in [2.45, 2.75) is 113 Å². The van der Waals surface area contributed by atoms with Crippen LogP contribution in [0.1, 0.15) is 129 Å². The summed E-state index contributed by atoms with van der Waals surface area (Å²) in [4.78, 5) is 47.5. The molecule has 3 unspecified atom stereocenters. The Balaban J connectivity index is 1.04. The first-order valence-electron chi connectivity index (χ1n) is 24.4. The summed E-state index contributed by atoms with van der Waals surface area (Å²) in [6.45, 7) is 1.68. The summed E-state index contributed by atoms with van der Waals surface area (Å²) < 4.78 is 19.0. The summed E-state index contributed by atoms with van der Waals surface area (Å²) in [6, 6.07) is 40.8. The smallest absolute Gasteiger partial charge is 0.410 e. The zero-order valence-corrected chi connectivity index (χ0v) is 39.0. The van der Waals surface area contributed by atoms with Crippen LogP contribution in [-0.4, -0.2) is 73.3 Å². The molecule has 4 aliphatic rings. The second-order valence-electron chi connectivity index (χ2n) is 19.0. The highest BCUT2D eigenvalue weighted by Crippen LogP contribution is 2.46. The Labute approximate surface area is 395 Å². The third-order valence-electron chi connectivity index (χ3n) is 14.8. The van der Waals surface area contributed by atoms with Crippen molar-refractivity contribution in [2.24, 2.45) is 5.92 Å². The van der Waals surface area contributed by atoms with Gasteiger partial charge in [0, 0.05) is 47.8 Å². The Hall–Kier alpha value is -5.44. The van der Waals surface area contributed by atoms with Gasteiger partial charge in [0.05, 0.1) is 19.1 Å². The van der Waals surface area contributed by atoms with Crippen LogP contribution in [0.25, 0.3) is 11.1 Å². The number of carbonyl (C=O) groups is 3. The molecule has 8 nitrogen and oxygen atoms in total. The van der Waals surface area contributed by atoms with Gasteiger partial charge < -0.3 is 19.1 Å². The normalized spacial score (nSPS) is 20.4. The van der Waals surface area contributed by atoms with Crippen molar-refractivity contribution < 1.29 is 28.6 Å². The minimum atomic E-state index is -1.49. The molecule has 66 heavy (non-hydrogen) atoms. The van der Waals surface area contributed by atoms with E-state index in [1.165, 1.54) is 61.8 Å². The predicted octanol–water partition coefficient (Wildman–Crippen LogP) is 12.5. The summed E-state index contributed by atoms with van der Waals surface area (Å²) in [5.74, 6) is -0.421. The number of likely N-dealkylation sites (N-methyl/N-ethyl adjacent to an activating group) is 1. The highest BCUT2D eigenvalue weighted by Gasteiger charge is 2.46. The number of hydrogen-bond donors (Lipinski definition) is 0. The molecule has 1 saturated carbocycles. The average Bonchev–Trinajstić information content (AvgIpc) is 3.78. The zero-order valence-electron chi connectivity index (χ0n) is 38.3. The molecule has 0 radical (unpaired) electrons. The summed E-state index contributed by atoms with van der Waals surface area (Å²) in [5.41, 5.74) is 6.26. The summed E-state index contributed by atoms with van der Waals surface area (Å²) in [7, 11) is 1.55. The molecule has 0 spiro atoms. The minimum Gasteiger partial charge on any atom is -0.448 e. The summed E-state index contributed by atoms with van der Waals surface area (Å²) in [5, 5.41) is 0.436. The van der Waals surface area contributed by atoms with Gasteiger partial charge in [0.1, 0.15) is 12.6 Å². The lowest BCUT2D eigenvalue weighted by Crippen LogP contribution is -2.53. The highest BCUT2D eigenvalue weighted by molar-refractivity contribution is 6.31. The third kappa shape index (κ3) is 9.68. The Kier molecular flexibility index (Phi) is 14.6. The number of nitrogens with zero attached hydrogens (tertiary/aromatic N) is 2. The van der Waals surface area contributed by atoms with E-state index in [4.69, 9.17) is 25.8 Å². The number of carbonyl (C=O) groups excluding carboxylic acids is 3. The fourth-order valence-electron chi connectivity index (χ4n) is 11.3. The van der Waals surface area contributed by atoms with E-state index in [-0.39, 0.29) is 30.4 Å². The molecule has 2 aliphatic carbocycles. The third-order valence-corrected chi connectivity index (χ3v) is 15.2. The molecule has 4 atom stereocenters. The fourth-order valence-corrected chi connectivity index (χ4v) is 11.5. The van der Waals surface area contributed by atoms with E-state index in [1.54, 1.807) is 7.05 Å². The van der Waals surface area contributed by atoms with Crippen molar-refractivity contribution in [1.82, 2.24) is 9.80 Å². The number of esters is 1. The van der Waals surface area contributed by atoms with Gasteiger partial charge in [-0.1, -0.05) is 184 Å². The molecule has 2 heterocycles. The number of halogens is 1. The number of hydrogen-bond acceptors (Lipinski definition) is 6. The van der Waals surface area contributed by atoms with Gasteiger partial charge in [-0.2, -0.15) is 0 Å². The van der Waals surface area contributed by atoms with E-state index in [0.717, 1.165) is 53.5 Å². The number of ether oxygens (including phenoxy) is 3. The van der Waals surface area contributed by atoms with Gasteiger partial charge in [-0.25, -0.2) is 4.79 Å².